The van der Waals surface area contributed by atoms with Crippen LogP contribution in [-0.4, -0.2) is 24.8 Å². The maximum Gasteiger partial charge on any atom is 0.319 e. The van der Waals surface area contributed by atoms with Gasteiger partial charge in [0.1, 0.15) is 11.7 Å². The summed E-state index contributed by atoms with van der Waals surface area (Å²) in [7, 11) is 1.29. The molecule has 142 valence electrons. The van der Waals surface area contributed by atoms with Crippen molar-refractivity contribution >= 4 is 17.7 Å². The van der Waals surface area contributed by atoms with E-state index in [0.717, 1.165) is 11.1 Å². The summed E-state index contributed by atoms with van der Waals surface area (Å²) in [4.78, 5) is 25.6. The molecule has 0 aromatic heterocycles. The minimum Gasteiger partial charge on any atom is -0.468 e. The van der Waals surface area contributed by atoms with Crippen LogP contribution < -0.4 is 0 Å². The number of rotatable bonds is 3. The van der Waals surface area contributed by atoms with Crippen molar-refractivity contribution in [3.05, 3.63) is 83.1 Å². The molecule has 2 aliphatic rings. The van der Waals surface area contributed by atoms with Gasteiger partial charge in [0.25, 0.3) is 0 Å². The molecule has 0 amide bonds. The molecule has 2 aromatic rings. The molecule has 5 nitrogen and oxygen atoms in total. The third-order valence-electron chi connectivity index (χ3n) is 5.51. The fourth-order valence-electron chi connectivity index (χ4n) is 4.20. The molecule has 1 heterocycles. The Hall–Kier alpha value is -3.21. The number of allylic oxidation sites excluding steroid dienone is 2. The first-order valence-corrected chi connectivity index (χ1v) is 9.30. The molecule has 2 aromatic carbocycles. The summed E-state index contributed by atoms with van der Waals surface area (Å²) < 4.78 is 10.7. The van der Waals surface area contributed by atoms with E-state index in [-0.39, 0.29) is 17.6 Å². The fourth-order valence-corrected chi connectivity index (χ4v) is 4.20. The Bertz CT molecular complexity index is 949. The van der Waals surface area contributed by atoms with Crippen LogP contribution in [0, 0.1) is 11.3 Å². The van der Waals surface area contributed by atoms with Crippen LogP contribution >= 0.6 is 0 Å². The van der Waals surface area contributed by atoms with Gasteiger partial charge in [-0.3, -0.25) is 15.0 Å². The van der Waals surface area contributed by atoms with Gasteiger partial charge in [0, 0.05) is 24.3 Å². The van der Waals surface area contributed by atoms with Gasteiger partial charge < -0.3 is 9.47 Å². The number of Topliss-reactive ketones (excluding diaryl/α,β-unsaturated/α-hetero) is 1. The van der Waals surface area contributed by atoms with Crippen molar-refractivity contribution < 1.29 is 19.1 Å². The number of nitrogens with one attached hydrogen (secondary N) is 1. The van der Waals surface area contributed by atoms with Crippen LogP contribution in [0.1, 0.15) is 35.8 Å². The molecule has 1 N–H and O–H groups in total. The molecule has 3 atom stereocenters. The summed E-state index contributed by atoms with van der Waals surface area (Å²) in [6.45, 7) is 0. The zero-order valence-electron chi connectivity index (χ0n) is 15.6. The Morgan fingerprint density at radius 3 is 2.21 bits per heavy atom. The molecule has 0 saturated carbocycles. The number of ether oxygens (including phenoxy) is 2. The Kier molecular flexibility index (Phi) is 4.82. The Balaban J connectivity index is 1.80. The molecule has 0 fully saturated rings. The van der Waals surface area contributed by atoms with Crippen molar-refractivity contribution in [3.63, 3.8) is 0 Å². The molecular weight excluding hydrogens is 354 g/mol. The molecule has 0 saturated heterocycles. The van der Waals surface area contributed by atoms with Crippen LogP contribution in [0.3, 0.4) is 0 Å². The quantitative estimate of drug-likeness (QED) is 0.824. The highest BCUT2D eigenvalue weighted by Crippen LogP contribution is 2.47. The number of esters is 1. The van der Waals surface area contributed by atoms with Crippen molar-refractivity contribution in [1.29, 1.82) is 5.41 Å². The summed E-state index contributed by atoms with van der Waals surface area (Å²) >= 11 is 0. The zero-order valence-corrected chi connectivity index (χ0v) is 15.6. The van der Waals surface area contributed by atoms with Gasteiger partial charge in [-0.15, -0.1) is 0 Å². The number of ketones is 1. The highest BCUT2D eigenvalue weighted by molar-refractivity contribution is 6.06. The van der Waals surface area contributed by atoms with E-state index in [0.29, 0.717) is 24.2 Å². The molecule has 4 rings (SSSR count). The van der Waals surface area contributed by atoms with Crippen molar-refractivity contribution in [1.82, 2.24) is 0 Å². The average Bonchev–Trinajstić information content (AvgIpc) is 2.73. The monoisotopic (exact) mass is 375 g/mol. The van der Waals surface area contributed by atoms with Crippen LogP contribution in [0.15, 0.2) is 72.0 Å². The lowest BCUT2D eigenvalue weighted by Crippen LogP contribution is -2.41. The second-order valence-electron chi connectivity index (χ2n) is 7.13. The van der Waals surface area contributed by atoms with Gasteiger partial charge in [-0.05, 0) is 17.0 Å². The summed E-state index contributed by atoms with van der Waals surface area (Å²) in [5, 5.41) is 8.35. The smallest absolute Gasteiger partial charge is 0.319 e. The lowest BCUT2D eigenvalue weighted by atomic mass is 9.71. The average molecular weight is 375 g/mol. The summed E-state index contributed by atoms with van der Waals surface area (Å²) in [6, 6.07) is 19.2. The molecule has 28 heavy (non-hydrogen) atoms. The summed E-state index contributed by atoms with van der Waals surface area (Å²) in [5.74, 6) is -1.78. The molecule has 0 radical (unpaired) electrons. The number of benzene rings is 2. The van der Waals surface area contributed by atoms with Crippen molar-refractivity contribution in [2.45, 2.75) is 24.7 Å². The summed E-state index contributed by atoms with van der Waals surface area (Å²) in [5.41, 5.74) is 2.39. The second kappa shape index (κ2) is 7.43. The lowest BCUT2D eigenvalue weighted by Gasteiger charge is -2.37. The van der Waals surface area contributed by atoms with Gasteiger partial charge in [-0.25, -0.2) is 0 Å². The first-order valence-electron chi connectivity index (χ1n) is 9.30. The van der Waals surface area contributed by atoms with E-state index in [1.54, 1.807) is 0 Å². The van der Waals surface area contributed by atoms with E-state index >= 15 is 0 Å². The molecule has 3 unspecified atom stereocenters. The zero-order chi connectivity index (χ0) is 19.7. The lowest BCUT2D eigenvalue weighted by molar-refractivity contribution is -0.144. The number of hydrogen-bond donors (Lipinski definition) is 1. The van der Waals surface area contributed by atoms with Gasteiger partial charge in [0.2, 0.25) is 5.90 Å². The predicted octanol–water partition coefficient (Wildman–Crippen LogP) is 3.97. The largest absolute Gasteiger partial charge is 0.468 e. The van der Waals surface area contributed by atoms with Gasteiger partial charge in [-0.2, -0.15) is 0 Å². The standard InChI is InChI=1S/C23H21NO4/c1-27-23(26)21-19(15-10-6-3-7-11-15)20-17(25)12-16(13-18(20)28-22(21)24)14-8-4-2-5-9-14/h2-11,16,19,21,24H,12-13H2,1H3. The van der Waals surface area contributed by atoms with Crippen LogP contribution in [0.2, 0.25) is 0 Å². The maximum atomic E-state index is 13.2. The normalized spacial score (nSPS) is 24.4. The topological polar surface area (TPSA) is 76.5 Å². The number of carbonyl (C=O) groups excluding carboxylic acids is 2. The molecule has 1 aliphatic heterocycles. The molecule has 5 heteroatoms. The Morgan fingerprint density at radius 2 is 1.61 bits per heavy atom. The van der Waals surface area contributed by atoms with Gasteiger partial charge in [-0.1, -0.05) is 60.7 Å². The maximum absolute atomic E-state index is 13.2. The van der Waals surface area contributed by atoms with Crippen LogP contribution in [0.25, 0.3) is 0 Å². The molecule has 0 bridgehead atoms. The second-order valence-corrected chi connectivity index (χ2v) is 7.13. The fraction of sp³-hybridized carbons (Fsp3) is 0.261. The van der Waals surface area contributed by atoms with E-state index < -0.39 is 17.8 Å². The predicted molar refractivity (Wildman–Crippen MR) is 104 cm³/mol. The highest BCUT2D eigenvalue weighted by atomic mass is 16.5. The minimum absolute atomic E-state index is 0.00588. The summed E-state index contributed by atoms with van der Waals surface area (Å²) in [6.07, 6.45) is 0.890. The number of methoxy groups -OCH3 is 1. The first kappa shape index (κ1) is 18.2. The van der Waals surface area contributed by atoms with Crippen LogP contribution in [0.5, 0.6) is 0 Å². The molecule has 1 aliphatic carbocycles. The minimum atomic E-state index is -0.955. The van der Waals surface area contributed by atoms with E-state index in [1.165, 1.54) is 7.11 Å². The van der Waals surface area contributed by atoms with Crippen molar-refractivity contribution in [2.24, 2.45) is 5.92 Å². The number of carbonyl (C=O) groups is 2. The van der Waals surface area contributed by atoms with Crippen molar-refractivity contribution in [3.8, 4) is 0 Å². The molecular formula is C23H21NO4. The third kappa shape index (κ3) is 3.13. The van der Waals surface area contributed by atoms with E-state index in [9.17, 15) is 9.59 Å². The van der Waals surface area contributed by atoms with Crippen LogP contribution in [0.4, 0.5) is 0 Å². The SMILES string of the molecule is COC(=O)C1C(=N)OC2=C(C(=O)CC(c3ccccc3)C2)C1c1ccccc1. The van der Waals surface area contributed by atoms with Gasteiger partial charge >= 0.3 is 5.97 Å². The third-order valence-corrected chi connectivity index (χ3v) is 5.51. The Labute approximate surface area is 163 Å². The van der Waals surface area contributed by atoms with Gasteiger partial charge in [0.05, 0.1) is 7.11 Å². The van der Waals surface area contributed by atoms with E-state index in [4.69, 9.17) is 14.9 Å². The van der Waals surface area contributed by atoms with Crippen LogP contribution in [-0.2, 0) is 19.1 Å². The molecule has 0 spiro atoms. The van der Waals surface area contributed by atoms with E-state index in [1.807, 2.05) is 60.7 Å². The highest BCUT2D eigenvalue weighted by Gasteiger charge is 2.47. The first-order chi connectivity index (χ1) is 13.6. The van der Waals surface area contributed by atoms with Crippen molar-refractivity contribution in [2.75, 3.05) is 7.11 Å². The number of hydrogen-bond acceptors (Lipinski definition) is 5. The van der Waals surface area contributed by atoms with E-state index in [2.05, 4.69) is 0 Å². The Morgan fingerprint density at radius 1 is 1.00 bits per heavy atom. The van der Waals surface area contributed by atoms with Gasteiger partial charge in [0.15, 0.2) is 5.78 Å².